The highest BCUT2D eigenvalue weighted by Crippen LogP contribution is 2.24. The van der Waals surface area contributed by atoms with Crippen LogP contribution in [-0.2, 0) is 6.61 Å². The van der Waals surface area contributed by atoms with E-state index in [-0.39, 0.29) is 23.1 Å². The molecule has 2 aromatic rings. The third-order valence-corrected chi connectivity index (χ3v) is 2.67. The first kappa shape index (κ1) is 13.3. The number of halogens is 1. The van der Waals surface area contributed by atoms with Crippen LogP contribution in [0, 0.1) is 0 Å². The van der Waals surface area contributed by atoms with Crippen molar-refractivity contribution in [1.82, 2.24) is 4.98 Å². The molecule has 0 unspecified atom stereocenters. The fourth-order valence-corrected chi connectivity index (χ4v) is 1.65. The average molecular weight is 280 g/mol. The van der Waals surface area contributed by atoms with Crippen molar-refractivity contribution in [3.05, 3.63) is 52.7 Å². The van der Waals surface area contributed by atoms with Gasteiger partial charge in [0, 0.05) is 6.07 Å². The molecular weight excluding hydrogens is 270 g/mol. The van der Waals surface area contributed by atoms with E-state index in [9.17, 15) is 4.79 Å². The fraction of sp³-hybridized carbons (Fsp3) is 0.0769. The van der Waals surface area contributed by atoms with Crippen molar-refractivity contribution >= 4 is 17.6 Å². The second kappa shape index (κ2) is 5.69. The van der Waals surface area contributed by atoms with Gasteiger partial charge in [0.15, 0.2) is 0 Å². The molecule has 1 aromatic carbocycles. The van der Waals surface area contributed by atoms with Gasteiger partial charge in [-0.3, -0.25) is 0 Å². The van der Waals surface area contributed by atoms with Crippen molar-refractivity contribution in [3.63, 3.8) is 0 Å². The van der Waals surface area contributed by atoms with Crippen LogP contribution in [0.4, 0.5) is 0 Å². The molecule has 0 atom stereocenters. The summed E-state index contributed by atoms with van der Waals surface area (Å²) < 4.78 is 5.42. The largest absolute Gasteiger partial charge is 0.478 e. The number of pyridine rings is 1. The summed E-state index contributed by atoms with van der Waals surface area (Å²) in [5.41, 5.74) is 0.606. The number of carboxylic acid groups (broad SMARTS) is 1. The van der Waals surface area contributed by atoms with Gasteiger partial charge in [-0.2, -0.15) is 0 Å². The minimum absolute atomic E-state index is 0.0453. The van der Waals surface area contributed by atoms with Gasteiger partial charge >= 0.3 is 5.97 Å². The maximum atomic E-state index is 10.9. The van der Waals surface area contributed by atoms with E-state index in [4.69, 9.17) is 26.6 Å². The van der Waals surface area contributed by atoms with Gasteiger partial charge in [-0.05, 0) is 17.7 Å². The van der Waals surface area contributed by atoms with E-state index in [1.165, 1.54) is 12.3 Å². The summed E-state index contributed by atoms with van der Waals surface area (Å²) in [6.45, 7) is -0.106. The van der Waals surface area contributed by atoms with Gasteiger partial charge in [-0.25, -0.2) is 9.78 Å². The number of rotatable bonds is 4. The molecule has 1 heterocycles. The van der Waals surface area contributed by atoms with Crippen molar-refractivity contribution in [2.24, 2.45) is 0 Å². The summed E-state index contributed by atoms with van der Waals surface area (Å²) in [6, 6.07) is 8.02. The average Bonchev–Trinajstić information content (AvgIpc) is 2.41. The molecule has 0 radical (unpaired) electrons. The molecule has 2 rings (SSSR count). The second-order valence-electron chi connectivity index (χ2n) is 3.72. The number of aromatic nitrogens is 1. The lowest BCUT2D eigenvalue weighted by Gasteiger charge is -2.07. The third kappa shape index (κ3) is 3.21. The number of carbonyl (C=O) groups is 1. The monoisotopic (exact) mass is 279 g/mol. The van der Waals surface area contributed by atoms with Crippen molar-refractivity contribution in [3.8, 4) is 11.6 Å². The van der Waals surface area contributed by atoms with Crippen molar-refractivity contribution in [1.29, 1.82) is 0 Å². The molecule has 1 aromatic heterocycles. The van der Waals surface area contributed by atoms with Crippen molar-refractivity contribution < 1.29 is 19.7 Å². The lowest BCUT2D eigenvalue weighted by Crippen LogP contribution is -1.99. The van der Waals surface area contributed by atoms with Crippen molar-refractivity contribution in [2.45, 2.75) is 6.61 Å². The molecule has 0 bridgehead atoms. The lowest BCUT2D eigenvalue weighted by atomic mass is 10.2. The van der Waals surface area contributed by atoms with Crippen LogP contribution in [0.25, 0.3) is 0 Å². The van der Waals surface area contributed by atoms with Crippen LogP contribution < -0.4 is 4.74 Å². The number of carboxylic acids is 1. The molecule has 0 fully saturated rings. The van der Waals surface area contributed by atoms with Crippen LogP contribution in [0.2, 0.25) is 5.02 Å². The summed E-state index contributed by atoms with van der Waals surface area (Å²) in [5, 5.41) is 18.0. The van der Waals surface area contributed by atoms with Crippen LogP contribution in [-0.4, -0.2) is 21.2 Å². The molecule has 2 N–H and O–H groups in total. The van der Waals surface area contributed by atoms with E-state index in [0.717, 1.165) is 0 Å². The summed E-state index contributed by atoms with van der Waals surface area (Å²) >= 11 is 5.71. The van der Waals surface area contributed by atoms with Crippen LogP contribution in [0.3, 0.4) is 0 Å². The summed E-state index contributed by atoms with van der Waals surface area (Å²) in [5.74, 6) is -0.573. The first-order valence-electron chi connectivity index (χ1n) is 5.36. The number of aliphatic hydroxyl groups is 1. The summed E-state index contributed by atoms with van der Waals surface area (Å²) in [4.78, 5) is 14.8. The molecule has 19 heavy (non-hydrogen) atoms. The van der Waals surface area contributed by atoms with Crippen LogP contribution >= 0.6 is 11.6 Å². The molecule has 0 aliphatic rings. The Morgan fingerprint density at radius 2 is 2.16 bits per heavy atom. The number of aliphatic hydroxyl groups excluding tert-OH is 1. The molecule has 0 saturated heterocycles. The number of aromatic carboxylic acids is 1. The van der Waals surface area contributed by atoms with Gasteiger partial charge in [-0.15, -0.1) is 0 Å². The molecule has 0 amide bonds. The topological polar surface area (TPSA) is 79.7 Å². The Hall–Kier alpha value is -2.11. The molecule has 6 heteroatoms. The van der Waals surface area contributed by atoms with Gasteiger partial charge in [0.05, 0.1) is 23.4 Å². The Morgan fingerprint density at radius 1 is 1.37 bits per heavy atom. The van der Waals surface area contributed by atoms with Gasteiger partial charge < -0.3 is 14.9 Å². The quantitative estimate of drug-likeness (QED) is 0.899. The predicted octanol–water partition coefficient (Wildman–Crippen LogP) is 2.72. The Balaban J connectivity index is 2.28. The molecule has 0 saturated carbocycles. The third-order valence-electron chi connectivity index (χ3n) is 2.36. The van der Waals surface area contributed by atoms with Crippen LogP contribution in [0.1, 0.15) is 15.9 Å². The zero-order chi connectivity index (χ0) is 13.8. The SMILES string of the molecule is O=C(O)c1cc(Oc2cccc(CO)c2)ncc1Cl. The molecule has 0 aliphatic carbocycles. The predicted molar refractivity (Wildman–Crippen MR) is 68.6 cm³/mol. The fourth-order valence-electron chi connectivity index (χ4n) is 1.47. The zero-order valence-corrected chi connectivity index (χ0v) is 10.5. The Kier molecular flexibility index (Phi) is 3.99. The molecule has 5 nitrogen and oxygen atoms in total. The molecular formula is C13H10ClNO4. The first-order valence-corrected chi connectivity index (χ1v) is 5.74. The van der Waals surface area contributed by atoms with Gasteiger partial charge in [0.25, 0.3) is 0 Å². The zero-order valence-electron chi connectivity index (χ0n) is 9.71. The highest BCUT2D eigenvalue weighted by molar-refractivity contribution is 6.33. The van der Waals surface area contributed by atoms with Gasteiger partial charge in [0.2, 0.25) is 5.88 Å². The maximum Gasteiger partial charge on any atom is 0.337 e. The normalized spacial score (nSPS) is 10.2. The van der Waals surface area contributed by atoms with Gasteiger partial charge in [0.1, 0.15) is 5.75 Å². The molecule has 0 spiro atoms. The van der Waals surface area contributed by atoms with Gasteiger partial charge in [-0.1, -0.05) is 23.7 Å². The Bertz CT molecular complexity index is 615. The Morgan fingerprint density at radius 3 is 2.84 bits per heavy atom. The van der Waals surface area contributed by atoms with E-state index in [2.05, 4.69) is 4.98 Å². The second-order valence-corrected chi connectivity index (χ2v) is 4.12. The van der Waals surface area contributed by atoms with Crippen LogP contribution in [0.5, 0.6) is 11.6 Å². The van der Waals surface area contributed by atoms with E-state index >= 15 is 0 Å². The standard InChI is InChI=1S/C13H10ClNO4/c14-11-6-15-12(5-10(11)13(17)18)19-9-3-1-2-8(4-9)7-16/h1-6,16H,7H2,(H,17,18). The maximum absolute atomic E-state index is 10.9. The summed E-state index contributed by atoms with van der Waals surface area (Å²) in [7, 11) is 0. The van der Waals surface area contributed by atoms with Crippen molar-refractivity contribution in [2.75, 3.05) is 0 Å². The highest BCUT2D eigenvalue weighted by atomic mass is 35.5. The molecule has 98 valence electrons. The lowest BCUT2D eigenvalue weighted by molar-refractivity contribution is 0.0696. The van der Waals surface area contributed by atoms with E-state index in [0.29, 0.717) is 11.3 Å². The smallest absolute Gasteiger partial charge is 0.337 e. The minimum Gasteiger partial charge on any atom is -0.478 e. The Labute approximate surface area is 114 Å². The summed E-state index contributed by atoms with van der Waals surface area (Å²) in [6.07, 6.45) is 1.22. The number of hydrogen-bond donors (Lipinski definition) is 2. The van der Waals surface area contributed by atoms with E-state index in [1.54, 1.807) is 24.3 Å². The minimum atomic E-state index is -1.15. The number of nitrogens with zero attached hydrogens (tertiary/aromatic N) is 1. The van der Waals surface area contributed by atoms with E-state index < -0.39 is 5.97 Å². The first-order chi connectivity index (χ1) is 9.10. The molecule has 0 aliphatic heterocycles. The number of ether oxygens (including phenoxy) is 1. The van der Waals surface area contributed by atoms with E-state index in [1.807, 2.05) is 0 Å². The van der Waals surface area contributed by atoms with Crippen LogP contribution in [0.15, 0.2) is 36.5 Å². The highest BCUT2D eigenvalue weighted by Gasteiger charge is 2.11. The number of benzene rings is 1. The number of hydrogen-bond acceptors (Lipinski definition) is 4.